The Hall–Kier alpha value is -3.00. The molecule has 8 nitrogen and oxygen atoms in total. The molecule has 1 amide bonds. The summed E-state index contributed by atoms with van der Waals surface area (Å²) in [6.45, 7) is 3.40. The first kappa shape index (κ1) is 18.1. The number of pyridine rings is 1. The molecule has 2 aliphatic heterocycles. The van der Waals surface area contributed by atoms with Crippen molar-refractivity contribution < 1.29 is 4.79 Å². The summed E-state index contributed by atoms with van der Waals surface area (Å²) in [7, 11) is 6.05. The van der Waals surface area contributed by atoms with Gasteiger partial charge in [-0.05, 0) is 25.2 Å². The SMILES string of the molecule is CN1CC(c2ccnc(N(C)C)n2)C2(C1)CN(C(=O)c1cnn3ccccc13)C2. The lowest BCUT2D eigenvalue weighted by Gasteiger charge is -2.50. The fraction of sp³-hybridized carbons (Fsp3) is 0.429. The Bertz CT molecular complexity index is 1070. The molecule has 2 aliphatic rings. The quantitative estimate of drug-likeness (QED) is 0.672. The number of anilines is 1. The Morgan fingerprint density at radius 3 is 2.83 bits per heavy atom. The van der Waals surface area contributed by atoms with E-state index in [9.17, 15) is 4.79 Å². The lowest BCUT2D eigenvalue weighted by Crippen LogP contribution is -2.61. The number of nitrogens with zero attached hydrogens (tertiary/aromatic N) is 7. The van der Waals surface area contributed by atoms with Crippen molar-refractivity contribution in [3.05, 3.63) is 54.1 Å². The van der Waals surface area contributed by atoms with E-state index in [1.54, 1.807) is 10.7 Å². The molecule has 0 radical (unpaired) electrons. The number of rotatable bonds is 3. The maximum absolute atomic E-state index is 13.1. The van der Waals surface area contributed by atoms with E-state index in [-0.39, 0.29) is 11.3 Å². The van der Waals surface area contributed by atoms with Crippen molar-refractivity contribution in [2.75, 3.05) is 52.2 Å². The minimum absolute atomic E-state index is 0.0469. The highest BCUT2D eigenvalue weighted by Gasteiger charge is 2.55. The van der Waals surface area contributed by atoms with Crippen LogP contribution in [0.3, 0.4) is 0 Å². The summed E-state index contributed by atoms with van der Waals surface area (Å²) in [6, 6.07) is 7.81. The van der Waals surface area contributed by atoms with Crippen LogP contribution < -0.4 is 4.90 Å². The number of hydrogen-bond acceptors (Lipinski definition) is 6. The van der Waals surface area contributed by atoms with E-state index in [1.807, 2.05) is 60.6 Å². The second-order valence-electron chi connectivity index (χ2n) is 8.54. The first-order valence-corrected chi connectivity index (χ1v) is 9.87. The summed E-state index contributed by atoms with van der Waals surface area (Å²) < 4.78 is 1.75. The molecule has 0 N–H and O–H groups in total. The van der Waals surface area contributed by atoms with Gasteiger partial charge in [-0.15, -0.1) is 0 Å². The minimum atomic E-state index is 0.0469. The second kappa shape index (κ2) is 6.52. The van der Waals surface area contributed by atoms with Crippen LogP contribution >= 0.6 is 0 Å². The average Bonchev–Trinajstić information content (AvgIpc) is 3.27. The molecule has 2 fully saturated rings. The molecule has 5 rings (SSSR count). The lowest BCUT2D eigenvalue weighted by molar-refractivity contribution is 0.00369. The van der Waals surface area contributed by atoms with Crippen molar-refractivity contribution in [1.29, 1.82) is 0 Å². The molecule has 1 unspecified atom stereocenters. The lowest BCUT2D eigenvalue weighted by atomic mass is 9.70. The van der Waals surface area contributed by atoms with E-state index < -0.39 is 0 Å². The van der Waals surface area contributed by atoms with Gasteiger partial charge in [-0.25, -0.2) is 14.5 Å². The maximum Gasteiger partial charge on any atom is 0.257 e. The monoisotopic (exact) mass is 391 g/mol. The van der Waals surface area contributed by atoms with Gasteiger partial charge in [-0.2, -0.15) is 5.10 Å². The first-order chi connectivity index (χ1) is 14.0. The Labute approximate surface area is 169 Å². The molecule has 8 heteroatoms. The normalized spacial score (nSPS) is 20.9. The summed E-state index contributed by atoms with van der Waals surface area (Å²) in [6.07, 6.45) is 5.38. The van der Waals surface area contributed by atoms with Gasteiger partial charge < -0.3 is 14.7 Å². The summed E-state index contributed by atoms with van der Waals surface area (Å²) in [5.41, 5.74) is 2.63. The van der Waals surface area contributed by atoms with Gasteiger partial charge >= 0.3 is 0 Å². The molecule has 1 spiro atoms. The van der Waals surface area contributed by atoms with Crippen LogP contribution in [0.2, 0.25) is 0 Å². The van der Waals surface area contributed by atoms with Crippen LogP contribution in [-0.2, 0) is 0 Å². The highest BCUT2D eigenvalue weighted by atomic mass is 16.2. The molecule has 3 aromatic heterocycles. The van der Waals surface area contributed by atoms with Crippen LogP contribution in [0.4, 0.5) is 5.95 Å². The van der Waals surface area contributed by atoms with E-state index >= 15 is 0 Å². The molecule has 29 heavy (non-hydrogen) atoms. The largest absolute Gasteiger partial charge is 0.347 e. The van der Waals surface area contributed by atoms with Crippen molar-refractivity contribution in [2.24, 2.45) is 5.41 Å². The molecule has 0 saturated carbocycles. The smallest absolute Gasteiger partial charge is 0.257 e. The first-order valence-electron chi connectivity index (χ1n) is 9.87. The van der Waals surface area contributed by atoms with Crippen molar-refractivity contribution in [2.45, 2.75) is 5.92 Å². The summed E-state index contributed by atoms with van der Waals surface area (Å²) >= 11 is 0. The molecular weight excluding hydrogens is 366 g/mol. The third-order valence-corrected chi connectivity index (χ3v) is 6.20. The van der Waals surface area contributed by atoms with Crippen molar-refractivity contribution in [1.82, 2.24) is 29.4 Å². The number of fused-ring (bicyclic) bond motifs is 1. The van der Waals surface area contributed by atoms with E-state index in [0.717, 1.165) is 43.3 Å². The number of amides is 1. The van der Waals surface area contributed by atoms with Gasteiger partial charge in [0.1, 0.15) is 0 Å². The van der Waals surface area contributed by atoms with Crippen molar-refractivity contribution in [3.8, 4) is 0 Å². The van der Waals surface area contributed by atoms with Crippen LogP contribution in [0.15, 0.2) is 42.9 Å². The van der Waals surface area contributed by atoms with E-state index in [2.05, 4.69) is 22.0 Å². The number of likely N-dealkylation sites (tertiary alicyclic amines) is 2. The van der Waals surface area contributed by atoms with Crippen LogP contribution in [0, 0.1) is 5.41 Å². The Morgan fingerprint density at radius 1 is 1.21 bits per heavy atom. The Morgan fingerprint density at radius 2 is 2.03 bits per heavy atom. The van der Waals surface area contributed by atoms with Gasteiger partial charge in [0.2, 0.25) is 5.95 Å². The van der Waals surface area contributed by atoms with Gasteiger partial charge in [0, 0.05) is 64.0 Å². The van der Waals surface area contributed by atoms with Gasteiger partial charge in [0.15, 0.2) is 0 Å². The third-order valence-electron chi connectivity index (χ3n) is 6.20. The molecule has 150 valence electrons. The molecule has 0 bridgehead atoms. The molecule has 3 aromatic rings. The molecule has 5 heterocycles. The van der Waals surface area contributed by atoms with E-state index in [0.29, 0.717) is 11.5 Å². The Balaban J connectivity index is 1.39. The fourth-order valence-corrected chi connectivity index (χ4v) is 4.84. The molecule has 2 saturated heterocycles. The summed E-state index contributed by atoms with van der Waals surface area (Å²) in [5.74, 6) is 1.08. The number of likely N-dealkylation sites (N-methyl/N-ethyl adjacent to an activating group) is 1. The van der Waals surface area contributed by atoms with Crippen LogP contribution in [-0.4, -0.2) is 82.6 Å². The van der Waals surface area contributed by atoms with Crippen molar-refractivity contribution >= 4 is 17.4 Å². The number of carbonyl (C=O) groups excluding carboxylic acids is 1. The predicted octanol–water partition coefficient (Wildman–Crippen LogP) is 1.36. The highest BCUT2D eigenvalue weighted by molar-refractivity contribution is 6.01. The number of carbonyl (C=O) groups is 1. The highest BCUT2D eigenvalue weighted by Crippen LogP contribution is 2.48. The van der Waals surface area contributed by atoms with E-state index in [1.165, 1.54) is 0 Å². The van der Waals surface area contributed by atoms with Crippen LogP contribution in [0.1, 0.15) is 22.0 Å². The molecule has 1 atom stereocenters. The van der Waals surface area contributed by atoms with Gasteiger partial charge in [-0.1, -0.05) is 6.07 Å². The van der Waals surface area contributed by atoms with Gasteiger partial charge in [-0.3, -0.25) is 4.79 Å². The average molecular weight is 391 g/mol. The topological polar surface area (TPSA) is 69.9 Å². The number of aromatic nitrogens is 4. The fourth-order valence-electron chi connectivity index (χ4n) is 4.84. The maximum atomic E-state index is 13.1. The molecule has 0 aromatic carbocycles. The number of hydrogen-bond donors (Lipinski definition) is 0. The predicted molar refractivity (Wildman–Crippen MR) is 110 cm³/mol. The second-order valence-corrected chi connectivity index (χ2v) is 8.54. The zero-order valence-electron chi connectivity index (χ0n) is 17.0. The van der Waals surface area contributed by atoms with Crippen molar-refractivity contribution in [3.63, 3.8) is 0 Å². The van der Waals surface area contributed by atoms with Crippen LogP contribution in [0.5, 0.6) is 0 Å². The summed E-state index contributed by atoms with van der Waals surface area (Å²) in [5, 5.41) is 4.31. The zero-order valence-corrected chi connectivity index (χ0v) is 17.0. The van der Waals surface area contributed by atoms with Crippen LogP contribution in [0.25, 0.3) is 5.52 Å². The molecule has 0 aliphatic carbocycles. The Kier molecular flexibility index (Phi) is 4.06. The summed E-state index contributed by atoms with van der Waals surface area (Å²) in [4.78, 5) is 28.5. The van der Waals surface area contributed by atoms with E-state index in [4.69, 9.17) is 4.98 Å². The van der Waals surface area contributed by atoms with Gasteiger partial charge in [0.05, 0.1) is 23.0 Å². The molecular formula is C21H25N7O. The standard InChI is InChI=1S/C21H25N7O/c1-25(2)20-22-8-7-17(24-20)16-11-26(3)12-21(16)13-27(14-21)19(29)15-10-23-28-9-5-4-6-18(15)28/h4-10,16H,11-14H2,1-3H3. The third kappa shape index (κ3) is 2.86. The minimum Gasteiger partial charge on any atom is -0.347 e. The van der Waals surface area contributed by atoms with Gasteiger partial charge in [0.25, 0.3) is 5.91 Å². The zero-order chi connectivity index (χ0) is 20.2.